The fourth-order valence-electron chi connectivity index (χ4n) is 3.04. The Balaban J connectivity index is 2.39. The molecule has 1 aliphatic rings. The maximum absolute atomic E-state index is 6.55. The minimum atomic E-state index is -0.000139. The Kier molecular flexibility index (Phi) is 3.66. The summed E-state index contributed by atoms with van der Waals surface area (Å²) in [6.07, 6.45) is 6.74. The highest BCUT2D eigenvalue weighted by atomic mass is 16.5. The number of ether oxygens (including phenoxy) is 1. The number of hydrogen-bond acceptors (Lipinski definition) is 3. The summed E-state index contributed by atoms with van der Waals surface area (Å²) in [5.74, 6) is 0.823. The van der Waals surface area contributed by atoms with Crippen molar-refractivity contribution in [2.45, 2.75) is 58.5 Å². The van der Waals surface area contributed by atoms with Gasteiger partial charge in [0.2, 0.25) is 0 Å². The molecule has 2 rings (SSSR count). The zero-order valence-electron chi connectivity index (χ0n) is 11.9. The predicted molar refractivity (Wildman–Crippen MR) is 72.7 cm³/mol. The minimum Gasteiger partial charge on any atom is -0.493 e. The molecule has 1 aromatic rings. The van der Waals surface area contributed by atoms with E-state index in [0.29, 0.717) is 6.04 Å². The number of methoxy groups -OCH3 is 1. The molecular formula is C14H25N3O. The van der Waals surface area contributed by atoms with Crippen molar-refractivity contribution in [3.05, 3.63) is 11.9 Å². The summed E-state index contributed by atoms with van der Waals surface area (Å²) in [6.45, 7) is 6.54. The smallest absolute Gasteiger partial charge is 0.161 e. The third-order valence-corrected chi connectivity index (χ3v) is 4.30. The quantitative estimate of drug-likeness (QED) is 0.894. The van der Waals surface area contributed by atoms with Crippen LogP contribution < -0.4 is 10.5 Å². The van der Waals surface area contributed by atoms with Crippen LogP contribution in [0.2, 0.25) is 0 Å². The standard InChI is InChI=1S/C14H25N3O/c1-10(2)17-12(11(18-4)9-16-17)13(15)14(3)7-5-6-8-14/h9-10,13H,5-8,15H2,1-4H3. The number of nitrogens with two attached hydrogens (primary N) is 1. The summed E-state index contributed by atoms with van der Waals surface area (Å²) in [5.41, 5.74) is 7.79. The van der Waals surface area contributed by atoms with Crippen LogP contribution >= 0.6 is 0 Å². The molecule has 1 unspecified atom stereocenters. The first-order valence-electron chi connectivity index (χ1n) is 6.86. The monoisotopic (exact) mass is 251 g/mol. The zero-order chi connectivity index (χ0) is 13.3. The van der Waals surface area contributed by atoms with E-state index in [4.69, 9.17) is 10.5 Å². The van der Waals surface area contributed by atoms with Crippen LogP contribution in [-0.4, -0.2) is 16.9 Å². The molecule has 1 fully saturated rings. The lowest BCUT2D eigenvalue weighted by molar-refractivity contribution is 0.244. The van der Waals surface area contributed by atoms with E-state index in [0.717, 1.165) is 11.4 Å². The second-order valence-corrected chi connectivity index (χ2v) is 5.98. The van der Waals surface area contributed by atoms with Crippen molar-refractivity contribution in [1.82, 2.24) is 9.78 Å². The lowest BCUT2D eigenvalue weighted by Crippen LogP contribution is -2.32. The molecule has 102 valence electrons. The van der Waals surface area contributed by atoms with Crippen molar-refractivity contribution in [2.24, 2.45) is 11.1 Å². The fourth-order valence-corrected chi connectivity index (χ4v) is 3.04. The van der Waals surface area contributed by atoms with Gasteiger partial charge in [-0.2, -0.15) is 5.10 Å². The molecular weight excluding hydrogens is 226 g/mol. The van der Waals surface area contributed by atoms with Crippen molar-refractivity contribution in [3.8, 4) is 5.75 Å². The van der Waals surface area contributed by atoms with E-state index in [1.165, 1.54) is 25.7 Å². The van der Waals surface area contributed by atoms with Gasteiger partial charge in [-0.3, -0.25) is 4.68 Å². The van der Waals surface area contributed by atoms with E-state index in [1.54, 1.807) is 13.3 Å². The third-order valence-electron chi connectivity index (χ3n) is 4.30. The highest BCUT2D eigenvalue weighted by Crippen LogP contribution is 2.47. The van der Waals surface area contributed by atoms with E-state index >= 15 is 0 Å². The van der Waals surface area contributed by atoms with E-state index in [2.05, 4.69) is 25.9 Å². The summed E-state index contributed by atoms with van der Waals surface area (Å²) in [5, 5.41) is 4.42. The first kappa shape index (κ1) is 13.4. The van der Waals surface area contributed by atoms with E-state index in [9.17, 15) is 0 Å². The Bertz CT molecular complexity index is 405. The number of hydrogen-bond donors (Lipinski definition) is 1. The molecule has 0 radical (unpaired) electrons. The molecule has 4 nitrogen and oxygen atoms in total. The van der Waals surface area contributed by atoms with E-state index in [1.807, 2.05) is 4.68 Å². The van der Waals surface area contributed by atoms with Gasteiger partial charge in [0.1, 0.15) is 0 Å². The number of rotatable bonds is 4. The second-order valence-electron chi connectivity index (χ2n) is 5.98. The molecule has 1 heterocycles. The first-order valence-corrected chi connectivity index (χ1v) is 6.86. The van der Waals surface area contributed by atoms with Gasteiger partial charge in [-0.1, -0.05) is 19.8 Å². The average molecular weight is 251 g/mol. The third kappa shape index (κ3) is 2.14. The van der Waals surface area contributed by atoms with Gasteiger partial charge in [0.15, 0.2) is 5.75 Å². The highest BCUT2D eigenvalue weighted by Gasteiger charge is 2.39. The van der Waals surface area contributed by atoms with Crippen molar-refractivity contribution < 1.29 is 4.74 Å². The van der Waals surface area contributed by atoms with Crippen LogP contribution in [0, 0.1) is 5.41 Å². The molecule has 4 heteroatoms. The van der Waals surface area contributed by atoms with Gasteiger partial charge in [0, 0.05) is 6.04 Å². The highest BCUT2D eigenvalue weighted by molar-refractivity contribution is 5.30. The molecule has 0 aliphatic heterocycles. The van der Waals surface area contributed by atoms with Crippen LogP contribution in [0.5, 0.6) is 5.75 Å². The summed E-state index contributed by atoms with van der Waals surface area (Å²) >= 11 is 0. The summed E-state index contributed by atoms with van der Waals surface area (Å²) in [4.78, 5) is 0. The van der Waals surface area contributed by atoms with E-state index < -0.39 is 0 Å². The molecule has 1 saturated carbocycles. The summed E-state index contributed by atoms with van der Waals surface area (Å²) in [7, 11) is 1.69. The summed E-state index contributed by atoms with van der Waals surface area (Å²) in [6, 6.07) is 0.305. The van der Waals surface area contributed by atoms with Gasteiger partial charge in [0.05, 0.1) is 25.0 Å². The van der Waals surface area contributed by atoms with Crippen LogP contribution in [0.3, 0.4) is 0 Å². The second kappa shape index (κ2) is 4.92. The van der Waals surface area contributed by atoms with Crippen molar-refractivity contribution in [1.29, 1.82) is 0 Å². The summed E-state index contributed by atoms with van der Waals surface area (Å²) < 4.78 is 7.45. The number of nitrogens with zero attached hydrogens (tertiary/aromatic N) is 2. The van der Waals surface area contributed by atoms with Gasteiger partial charge in [-0.15, -0.1) is 0 Å². The number of aromatic nitrogens is 2. The molecule has 2 N–H and O–H groups in total. The molecule has 0 aromatic carbocycles. The van der Waals surface area contributed by atoms with Crippen molar-refractivity contribution in [3.63, 3.8) is 0 Å². The van der Waals surface area contributed by atoms with Crippen molar-refractivity contribution in [2.75, 3.05) is 7.11 Å². The van der Waals surface area contributed by atoms with Gasteiger partial charge < -0.3 is 10.5 Å². The van der Waals surface area contributed by atoms with Gasteiger partial charge in [-0.05, 0) is 32.1 Å². The largest absolute Gasteiger partial charge is 0.493 e. The van der Waals surface area contributed by atoms with E-state index in [-0.39, 0.29) is 11.5 Å². The average Bonchev–Trinajstić information content (AvgIpc) is 2.94. The fraction of sp³-hybridized carbons (Fsp3) is 0.786. The minimum absolute atomic E-state index is 0.000139. The maximum atomic E-state index is 6.55. The molecule has 1 aliphatic carbocycles. The lowest BCUT2D eigenvalue weighted by atomic mass is 9.79. The molecule has 0 amide bonds. The molecule has 1 aromatic heterocycles. The molecule has 0 bridgehead atoms. The molecule has 1 atom stereocenters. The SMILES string of the molecule is COc1cnn(C(C)C)c1C(N)C1(C)CCCC1. The van der Waals surface area contributed by atoms with Crippen LogP contribution in [-0.2, 0) is 0 Å². The molecule has 0 saturated heterocycles. The van der Waals surface area contributed by atoms with Crippen LogP contribution in [0.4, 0.5) is 0 Å². The zero-order valence-corrected chi connectivity index (χ0v) is 11.9. The Labute approximate surface area is 110 Å². The first-order chi connectivity index (χ1) is 8.49. The Hall–Kier alpha value is -1.03. The lowest BCUT2D eigenvalue weighted by Gasteiger charge is -2.32. The maximum Gasteiger partial charge on any atom is 0.161 e. The Morgan fingerprint density at radius 1 is 1.39 bits per heavy atom. The van der Waals surface area contributed by atoms with Crippen LogP contribution in [0.1, 0.15) is 64.2 Å². The predicted octanol–water partition coefficient (Wildman–Crippen LogP) is 3.05. The molecule has 0 spiro atoms. The normalized spacial score (nSPS) is 20.3. The molecule has 18 heavy (non-hydrogen) atoms. The topological polar surface area (TPSA) is 53.1 Å². The van der Waals surface area contributed by atoms with Crippen LogP contribution in [0.15, 0.2) is 6.20 Å². The van der Waals surface area contributed by atoms with Crippen LogP contribution in [0.25, 0.3) is 0 Å². The van der Waals surface area contributed by atoms with Gasteiger partial charge >= 0.3 is 0 Å². The van der Waals surface area contributed by atoms with Gasteiger partial charge in [0.25, 0.3) is 0 Å². The van der Waals surface area contributed by atoms with Gasteiger partial charge in [-0.25, -0.2) is 0 Å². The Morgan fingerprint density at radius 2 is 2.00 bits per heavy atom. The van der Waals surface area contributed by atoms with Crippen molar-refractivity contribution >= 4 is 0 Å². The Morgan fingerprint density at radius 3 is 2.50 bits per heavy atom.